The van der Waals surface area contributed by atoms with Gasteiger partial charge in [-0.05, 0) is 37.1 Å². The molecule has 2 heterocycles. The van der Waals surface area contributed by atoms with Gasteiger partial charge in [0.05, 0.1) is 5.39 Å². The van der Waals surface area contributed by atoms with Crippen LogP contribution < -0.4 is 9.47 Å². The molecule has 0 bridgehead atoms. The van der Waals surface area contributed by atoms with E-state index in [1.165, 1.54) is 23.4 Å². The molecular weight excluding hydrogens is 388 g/mol. The topological polar surface area (TPSA) is 64.6 Å². The van der Waals surface area contributed by atoms with Crippen molar-refractivity contribution in [2.45, 2.75) is 27.0 Å². The second kappa shape index (κ2) is 8.47. The summed E-state index contributed by atoms with van der Waals surface area (Å²) < 4.78 is 34.3. The van der Waals surface area contributed by atoms with Crippen molar-refractivity contribution in [2.75, 3.05) is 13.7 Å². The number of aromatic nitrogens is 2. The zero-order valence-electron chi connectivity index (χ0n) is 15.6. The van der Waals surface area contributed by atoms with Crippen LogP contribution in [0.3, 0.4) is 0 Å². The van der Waals surface area contributed by atoms with Gasteiger partial charge in [-0.25, -0.2) is 9.97 Å². The molecule has 0 aliphatic heterocycles. The number of hydrogen-bond donors (Lipinski definition) is 0. The van der Waals surface area contributed by atoms with Gasteiger partial charge >= 0.3 is 6.61 Å². The van der Waals surface area contributed by atoms with Crippen LogP contribution in [0.15, 0.2) is 30.6 Å². The van der Waals surface area contributed by atoms with E-state index in [0.717, 1.165) is 26.2 Å². The second-order valence-corrected chi connectivity index (χ2v) is 7.41. The Labute approximate surface area is 164 Å². The Morgan fingerprint density at radius 3 is 2.61 bits per heavy atom. The van der Waals surface area contributed by atoms with Gasteiger partial charge in [0.15, 0.2) is 6.61 Å². The van der Waals surface area contributed by atoms with Gasteiger partial charge in [-0.3, -0.25) is 4.79 Å². The van der Waals surface area contributed by atoms with E-state index >= 15 is 0 Å². The minimum atomic E-state index is -2.86. The Hall–Kier alpha value is -2.81. The minimum absolute atomic E-state index is 0.0743. The third-order valence-electron chi connectivity index (χ3n) is 4.26. The van der Waals surface area contributed by atoms with Crippen LogP contribution in [0.1, 0.15) is 16.0 Å². The van der Waals surface area contributed by atoms with E-state index < -0.39 is 6.61 Å². The molecule has 0 radical (unpaired) electrons. The third-order valence-corrected chi connectivity index (χ3v) is 5.37. The molecule has 0 spiro atoms. The lowest BCUT2D eigenvalue weighted by atomic mass is 10.2. The van der Waals surface area contributed by atoms with Crippen molar-refractivity contribution < 1.29 is 23.0 Å². The molecular formula is C19H19F2N3O3S. The Kier molecular flexibility index (Phi) is 6.03. The van der Waals surface area contributed by atoms with Gasteiger partial charge in [-0.1, -0.05) is 12.1 Å². The van der Waals surface area contributed by atoms with E-state index in [4.69, 9.17) is 4.74 Å². The highest BCUT2D eigenvalue weighted by molar-refractivity contribution is 7.18. The molecule has 0 saturated carbocycles. The fourth-order valence-electron chi connectivity index (χ4n) is 2.64. The number of amides is 1. The van der Waals surface area contributed by atoms with Crippen LogP contribution >= 0.6 is 11.3 Å². The number of alkyl halides is 2. The van der Waals surface area contributed by atoms with Gasteiger partial charge in [-0.2, -0.15) is 8.78 Å². The molecule has 1 amide bonds. The predicted octanol–water partition coefficient (Wildman–Crippen LogP) is 3.95. The number of benzene rings is 1. The van der Waals surface area contributed by atoms with E-state index in [1.54, 1.807) is 30.5 Å². The summed E-state index contributed by atoms with van der Waals surface area (Å²) in [7, 11) is 1.64. The average Bonchev–Trinajstić information content (AvgIpc) is 2.95. The molecule has 148 valence electrons. The van der Waals surface area contributed by atoms with Crippen molar-refractivity contribution in [1.82, 2.24) is 14.9 Å². The molecule has 6 nitrogen and oxygen atoms in total. The maximum Gasteiger partial charge on any atom is 0.387 e. The molecule has 28 heavy (non-hydrogen) atoms. The van der Waals surface area contributed by atoms with Crippen molar-refractivity contribution in [3.8, 4) is 11.6 Å². The number of nitrogens with zero attached hydrogens (tertiary/aromatic N) is 3. The van der Waals surface area contributed by atoms with E-state index in [-0.39, 0.29) is 18.3 Å². The number of carbonyl (C=O) groups is 1. The van der Waals surface area contributed by atoms with E-state index in [2.05, 4.69) is 14.7 Å². The van der Waals surface area contributed by atoms with Gasteiger partial charge in [0.25, 0.3) is 5.91 Å². The number of fused-ring (bicyclic) bond motifs is 1. The molecule has 3 aromatic rings. The van der Waals surface area contributed by atoms with Crippen LogP contribution in [-0.4, -0.2) is 41.0 Å². The number of halogens is 2. The summed E-state index contributed by atoms with van der Waals surface area (Å²) in [5.41, 5.74) is 1.83. The molecule has 0 aliphatic rings. The molecule has 0 unspecified atom stereocenters. The Bertz CT molecular complexity index is 976. The van der Waals surface area contributed by atoms with Crippen molar-refractivity contribution in [3.05, 3.63) is 46.6 Å². The Morgan fingerprint density at radius 2 is 1.93 bits per heavy atom. The molecule has 0 atom stereocenters. The molecule has 9 heteroatoms. The monoisotopic (exact) mass is 407 g/mol. The number of likely N-dealkylation sites (N-methyl/N-ethyl adjacent to an activating group) is 1. The molecule has 2 aromatic heterocycles. The van der Waals surface area contributed by atoms with E-state index in [0.29, 0.717) is 12.4 Å². The zero-order chi connectivity index (χ0) is 20.3. The maximum absolute atomic E-state index is 12.4. The van der Waals surface area contributed by atoms with E-state index in [9.17, 15) is 13.6 Å². The minimum Gasteiger partial charge on any atom is -0.467 e. The molecule has 0 aliphatic carbocycles. The first kappa shape index (κ1) is 19.9. The highest BCUT2D eigenvalue weighted by Crippen LogP contribution is 2.33. The summed E-state index contributed by atoms with van der Waals surface area (Å²) in [6.45, 7) is 1.26. The number of carbonyl (C=O) groups excluding carboxylic acids is 1. The molecule has 0 fully saturated rings. The summed E-state index contributed by atoms with van der Waals surface area (Å²) >= 11 is 1.56. The van der Waals surface area contributed by atoms with Gasteiger partial charge in [0, 0.05) is 18.5 Å². The summed E-state index contributed by atoms with van der Waals surface area (Å²) in [5, 5.41) is 0.829. The molecule has 0 N–H and O–H groups in total. The Morgan fingerprint density at radius 1 is 1.21 bits per heavy atom. The first-order chi connectivity index (χ1) is 13.3. The predicted molar refractivity (Wildman–Crippen MR) is 102 cm³/mol. The van der Waals surface area contributed by atoms with Crippen molar-refractivity contribution >= 4 is 27.5 Å². The van der Waals surface area contributed by atoms with Gasteiger partial charge in [0.1, 0.15) is 16.9 Å². The number of thiophene rings is 1. The number of ether oxygens (including phenoxy) is 2. The quantitative estimate of drug-likeness (QED) is 0.593. The van der Waals surface area contributed by atoms with Crippen molar-refractivity contribution in [3.63, 3.8) is 0 Å². The van der Waals surface area contributed by atoms with Gasteiger partial charge in [-0.15, -0.1) is 11.3 Å². The Balaban J connectivity index is 1.60. The van der Waals surface area contributed by atoms with Crippen LogP contribution in [0.5, 0.6) is 11.6 Å². The first-order valence-corrected chi connectivity index (χ1v) is 9.28. The number of hydrogen-bond acceptors (Lipinski definition) is 6. The SMILES string of the molecule is Cc1sc2ncnc(OCC(=O)N(C)Cc3ccc(OC(F)F)cc3)c2c1C. The van der Waals surface area contributed by atoms with Crippen LogP contribution in [0.4, 0.5) is 8.78 Å². The molecule has 1 aromatic carbocycles. The standard InChI is InChI=1S/C19H19F2N3O3S/c1-11-12(2)28-18-16(11)17(22-10-23-18)26-9-15(25)24(3)8-13-4-6-14(7-5-13)27-19(20)21/h4-7,10,19H,8-9H2,1-3H3. The van der Waals surface area contributed by atoms with Gasteiger partial charge in [0.2, 0.25) is 5.88 Å². The number of aryl methyl sites for hydroxylation is 2. The summed E-state index contributed by atoms with van der Waals surface area (Å²) in [6.07, 6.45) is 1.42. The van der Waals surface area contributed by atoms with E-state index in [1.807, 2.05) is 13.8 Å². The fraction of sp³-hybridized carbons (Fsp3) is 0.316. The lowest BCUT2D eigenvalue weighted by Gasteiger charge is -2.18. The normalized spacial score (nSPS) is 11.1. The largest absolute Gasteiger partial charge is 0.467 e. The smallest absolute Gasteiger partial charge is 0.387 e. The highest BCUT2D eigenvalue weighted by atomic mass is 32.1. The number of rotatable bonds is 7. The van der Waals surface area contributed by atoms with Crippen LogP contribution in [-0.2, 0) is 11.3 Å². The summed E-state index contributed by atoms with van der Waals surface area (Å²) in [6, 6.07) is 6.15. The summed E-state index contributed by atoms with van der Waals surface area (Å²) in [4.78, 5) is 24.2. The van der Waals surface area contributed by atoms with Crippen LogP contribution in [0, 0.1) is 13.8 Å². The van der Waals surface area contributed by atoms with Gasteiger partial charge < -0.3 is 14.4 Å². The average molecular weight is 407 g/mol. The third kappa shape index (κ3) is 4.53. The van der Waals surface area contributed by atoms with Crippen molar-refractivity contribution in [2.24, 2.45) is 0 Å². The molecule has 3 rings (SSSR count). The first-order valence-electron chi connectivity index (χ1n) is 8.46. The second-order valence-electron chi connectivity index (χ2n) is 6.20. The fourth-order valence-corrected chi connectivity index (χ4v) is 3.63. The maximum atomic E-state index is 12.4. The molecule has 0 saturated heterocycles. The van der Waals surface area contributed by atoms with Crippen LogP contribution in [0.25, 0.3) is 10.2 Å². The summed E-state index contributed by atoms with van der Waals surface area (Å²) in [5.74, 6) is 0.233. The van der Waals surface area contributed by atoms with Crippen LogP contribution in [0.2, 0.25) is 0 Å². The highest BCUT2D eigenvalue weighted by Gasteiger charge is 2.16. The zero-order valence-corrected chi connectivity index (χ0v) is 16.4. The lowest BCUT2D eigenvalue weighted by molar-refractivity contribution is -0.132. The van der Waals surface area contributed by atoms with Crippen molar-refractivity contribution in [1.29, 1.82) is 0 Å². The lowest BCUT2D eigenvalue weighted by Crippen LogP contribution is -2.31.